The van der Waals surface area contributed by atoms with Crippen molar-refractivity contribution < 1.29 is 34.6 Å². The highest BCUT2D eigenvalue weighted by Gasteiger charge is 2.55. The Bertz CT molecular complexity index is 435. The lowest BCUT2D eigenvalue weighted by Crippen LogP contribution is -2.66. The zero-order valence-corrected chi connectivity index (χ0v) is 20.6. The minimum Gasteiger partial charge on any atom is -0.394 e. The standard InChI is InChI=1S/C25H50O7/c1-3-4-5-6-7-8-9-10-11-12-13-14-15-16-17-18-19-31-25(30-2)24(29)23(28)22(27)21(20-26)32-25/h21-24,26-29H,3-20H2,1-2H3/t21?,22-,23+,24-,25-/m0/s1. The lowest BCUT2D eigenvalue weighted by atomic mass is 9.97. The fourth-order valence-electron chi connectivity index (χ4n) is 4.32. The predicted molar refractivity (Wildman–Crippen MR) is 125 cm³/mol. The molecule has 1 aliphatic heterocycles. The summed E-state index contributed by atoms with van der Waals surface area (Å²) in [4.78, 5) is 0. The van der Waals surface area contributed by atoms with Gasteiger partial charge in [-0.3, -0.25) is 0 Å². The number of hydrogen-bond donors (Lipinski definition) is 4. The van der Waals surface area contributed by atoms with Crippen LogP contribution in [0, 0.1) is 0 Å². The molecule has 0 aliphatic carbocycles. The molecule has 1 rings (SSSR count). The molecule has 0 radical (unpaired) electrons. The minimum atomic E-state index is -1.87. The van der Waals surface area contributed by atoms with E-state index in [4.69, 9.17) is 14.2 Å². The molecule has 1 fully saturated rings. The molecule has 0 saturated carbocycles. The first-order valence-electron chi connectivity index (χ1n) is 13.0. The highest BCUT2D eigenvalue weighted by atomic mass is 16.9. The van der Waals surface area contributed by atoms with Gasteiger partial charge in [0, 0.05) is 7.11 Å². The van der Waals surface area contributed by atoms with Crippen molar-refractivity contribution in [2.24, 2.45) is 0 Å². The van der Waals surface area contributed by atoms with Gasteiger partial charge in [0.25, 0.3) is 0 Å². The summed E-state index contributed by atoms with van der Waals surface area (Å²) in [5.41, 5.74) is 0. The van der Waals surface area contributed by atoms with E-state index in [-0.39, 0.29) is 0 Å². The predicted octanol–water partition coefficient (Wildman–Crippen LogP) is 4.04. The van der Waals surface area contributed by atoms with Crippen LogP contribution in [0.25, 0.3) is 0 Å². The molecule has 0 spiro atoms. The first-order chi connectivity index (χ1) is 15.5. The Morgan fingerprint density at radius 3 is 1.53 bits per heavy atom. The molecule has 7 nitrogen and oxygen atoms in total. The van der Waals surface area contributed by atoms with Crippen molar-refractivity contribution in [1.82, 2.24) is 0 Å². The molecule has 32 heavy (non-hydrogen) atoms. The first-order valence-corrected chi connectivity index (χ1v) is 13.0. The minimum absolute atomic E-state index is 0.296. The molecule has 0 amide bonds. The van der Waals surface area contributed by atoms with Crippen LogP contribution in [-0.2, 0) is 14.2 Å². The maximum Gasteiger partial charge on any atom is 0.313 e. The van der Waals surface area contributed by atoms with E-state index < -0.39 is 37.0 Å². The van der Waals surface area contributed by atoms with Crippen LogP contribution < -0.4 is 0 Å². The van der Waals surface area contributed by atoms with Gasteiger partial charge in [0.2, 0.25) is 0 Å². The van der Waals surface area contributed by atoms with Crippen LogP contribution in [0.15, 0.2) is 0 Å². The van der Waals surface area contributed by atoms with E-state index in [9.17, 15) is 20.4 Å². The van der Waals surface area contributed by atoms with Crippen molar-refractivity contribution in [3.63, 3.8) is 0 Å². The van der Waals surface area contributed by atoms with Gasteiger partial charge in [-0.25, -0.2) is 0 Å². The first kappa shape index (κ1) is 29.8. The van der Waals surface area contributed by atoms with Crippen LogP contribution in [0.5, 0.6) is 0 Å². The van der Waals surface area contributed by atoms with Gasteiger partial charge in [-0.15, -0.1) is 0 Å². The average molecular weight is 463 g/mol. The Balaban J connectivity index is 2.00. The van der Waals surface area contributed by atoms with Gasteiger partial charge in [0.05, 0.1) is 13.2 Å². The van der Waals surface area contributed by atoms with Gasteiger partial charge in [-0.1, -0.05) is 103 Å². The molecule has 0 aromatic heterocycles. The summed E-state index contributed by atoms with van der Waals surface area (Å²) in [5, 5.41) is 39.4. The van der Waals surface area contributed by atoms with Crippen molar-refractivity contribution in [3.05, 3.63) is 0 Å². The van der Waals surface area contributed by atoms with E-state index in [1.165, 1.54) is 90.6 Å². The lowest BCUT2D eigenvalue weighted by molar-refractivity contribution is -0.455. The molecule has 1 unspecified atom stereocenters. The van der Waals surface area contributed by atoms with Gasteiger partial charge >= 0.3 is 5.97 Å². The van der Waals surface area contributed by atoms with Gasteiger partial charge in [0.1, 0.15) is 18.3 Å². The molecule has 0 aromatic rings. The molecule has 0 aromatic carbocycles. The summed E-state index contributed by atoms with van der Waals surface area (Å²) in [6, 6.07) is 0. The van der Waals surface area contributed by atoms with E-state index in [1.54, 1.807) is 0 Å². The average Bonchev–Trinajstić information content (AvgIpc) is 2.81. The van der Waals surface area contributed by atoms with E-state index in [2.05, 4.69) is 6.92 Å². The van der Waals surface area contributed by atoms with E-state index in [1.807, 2.05) is 0 Å². The quantitative estimate of drug-likeness (QED) is 0.160. The zero-order chi connectivity index (χ0) is 23.7. The molecular formula is C25H50O7. The smallest absolute Gasteiger partial charge is 0.313 e. The summed E-state index contributed by atoms with van der Waals surface area (Å²) in [6.45, 7) is 2.04. The number of rotatable bonds is 20. The number of unbranched alkanes of at least 4 members (excludes halogenated alkanes) is 15. The molecule has 4 N–H and O–H groups in total. The summed E-state index contributed by atoms with van der Waals surface area (Å²) in [6.07, 6.45) is 14.9. The van der Waals surface area contributed by atoms with Gasteiger partial charge < -0.3 is 34.6 Å². The molecule has 7 heteroatoms. The maximum atomic E-state index is 10.2. The third-order valence-corrected chi connectivity index (χ3v) is 6.50. The van der Waals surface area contributed by atoms with Crippen molar-refractivity contribution >= 4 is 0 Å². The highest BCUT2D eigenvalue weighted by Crippen LogP contribution is 2.32. The number of methoxy groups -OCH3 is 1. The van der Waals surface area contributed by atoms with Crippen LogP contribution >= 0.6 is 0 Å². The Hall–Kier alpha value is -0.280. The molecule has 5 atom stereocenters. The van der Waals surface area contributed by atoms with Crippen molar-refractivity contribution in [2.75, 3.05) is 20.3 Å². The molecule has 1 heterocycles. The highest BCUT2D eigenvalue weighted by molar-refractivity contribution is 4.92. The topological polar surface area (TPSA) is 109 Å². The Kier molecular flexibility index (Phi) is 16.8. The Labute approximate surface area is 195 Å². The second-order valence-corrected chi connectivity index (χ2v) is 9.22. The van der Waals surface area contributed by atoms with E-state index in [0.717, 1.165) is 19.3 Å². The van der Waals surface area contributed by atoms with Crippen LogP contribution in [0.4, 0.5) is 0 Å². The second kappa shape index (κ2) is 18.1. The molecule has 0 bridgehead atoms. The van der Waals surface area contributed by atoms with Gasteiger partial charge in [-0.2, -0.15) is 0 Å². The molecular weight excluding hydrogens is 412 g/mol. The SMILES string of the molecule is CCCCCCCCCCCCCCCCCCO[C@]1(OC)OC(CO)[C@H](O)[C@@H](O)[C@@H]1O. The van der Waals surface area contributed by atoms with Gasteiger partial charge in [-0.05, 0) is 6.42 Å². The van der Waals surface area contributed by atoms with Crippen LogP contribution in [0.1, 0.15) is 110 Å². The van der Waals surface area contributed by atoms with E-state index >= 15 is 0 Å². The fourth-order valence-corrected chi connectivity index (χ4v) is 4.32. The number of aliphatic hydroxyl groups is 4. The van der Waals surface area contributed by atoms with E-state index in [0.29, 0.717) is 6.61 Å². The molecule has 192 valence electrons. The number of hydrogen-bond acceptors (Lipinski definition) is 7. The van der Waals surface area contributed by atoms with Crippen molar-refractivity contribution in [2.45, 2.75) is 140 Å². The normalized spacial score (nSPS) is 28.3. The Morgan fingerprint density at radius 2 is 1.12 bits per heavy atom. The van der Waals surface area contributed by atoms with Crippen LogP contribution in [-0.4, -0.2) is 71.1 Å². The largest absolute Gasteiger partial charge is 0.394 e. The number of ether oxygens (including phenoxy) is 3. The summed E-state index contributed by atoms with van der Waals surface area (Å²) in [7, 11) is 1.30. The third-order valence-electron chi connectivity index (χ3n) is 6.50. The molecule has 1 aliphatic rings. The zero-order valence-electron chi connectivity index (χ0n) is 20.6. The second-order valence-electron chi connectivity index (χ2n) is 9.22. The fraction of sp³-hybridized carbons (Fsp3) is 1.00. The third kappa shape index (κ3) is 10.8. The monoisotopic (exact) mass is 462 g/mol. The molecule has 1 saturated heterocycles. The van der Waals surface area contributed by atoms with Crippen LogP contribution in [0.2, 0.25) is 0 Å². The van der Waals surface area contributed by atoms with Gasteiger partial charge in [0.15, 0.2) is 6.10 Å². The summed E-state index contributed by atoms with van der Waals surface area (Å²) in [5.74, 6) is -1.87. The van der Waals surface area contributed by atoms with Crippen molar-refractivity contribution in [1.29, 1.82) is 0 Å². The number of aliphatic hydroxyl groups excluding tert-OH is 4. The lowest BCUT2D eigenvalue weighted by Gasteiger charge is -2.46. The van der Waals surface area contributed by atoms with Crippen molar-refractivity contribution in [3.8, 4) is 0 Å². The maximum absolute atomic E-state index is 10.2. The summed E-state index contributed by atoms with van der Waals surface area (Å²) < 4.78 is 16.3. The van der Waals surface area contributed by atoms with Crippen LogP contribution in [0.3, 0.4) is 0 Å². The Morgan fingerprint density at radius 1 is 0.688 bits per heavy atom. The summed E-state index contributed by atoms with van der Waals surface area (Å²) >= 11 is 0.